The normalized spacial score (nSPS) is 12.5. The molecule has 1 aromatic carbocycles. The summed E-state index contributed by atoms with van der Waals surface area (Å²) in [7, 11) is -4.27. The minimum absolute atomic E-state index is 0.414. The Morgan fingerprint density at radius 2 is 1.89 bits per heavy atom. The van der Waals surface area contributed by atoms with Crippen molar-refractivity contribution in [1.29, 1.82) is 0 Å². The molecule has 102 valence electrons. The molecule has 0 amide bonds. The van der Waals surface area contributed by atoms with E-state index in [4.69, 9.17) is 5.14 Å². The van der Waals surface area contributed by atoms with Crippen molar-refractivity contribution in [1.82, 2.24) is 0 Å². The first-order valence-corrected chi connectivity index (χ1v) is 6.16. The van der Waals surface area contributed by atoms with Crippen molar-refractivity contribution in [2.24, 2.45) is 5.14 Å². The van der Waals surface area contributed by atoms with Gasteiger partial charge in [-0.05, 0) is 18.2 Å². The van der Waals surface area contributed by atoms with Gasteiger partial charge in [-0.2, -0.15) is 13.2 Å². The highest BCUT2D eigenvalue weighted by Gasteiger charge is 2.27. The Morgan fingerprint density at radius 1 is 1.28 bits per heavy atom. The lowest BCUT2D eigenvalue weighted by atomic mass is 10.3. The van der Waals surface area contributed by atoms with Crippen LogP contribution in [0.15, 0.2) is 23.1 Å². The predicted octanol–water partition coefficient (Wildman–Crippen LogP) is 1.80. The van der Waals surface area contributed by atoms with E-state index in [9.17, 15) is 26.0 Å². The van der Waals surface area contributed by atoms with Gasteiger partial charge in [0.25, 0.3) is 0 Å². The highest BCUT2D eigenvalue weighted by atomic mass is 32.2. The van der Waals surface area contributed by atoms with Gasteiger partial charge in [0.1, 0.15) is 16.5 Å². The molecule has 0 atom stereocenters. The summed E-state index contributed by atoms with van der Waals surface area (Å²) in [5, 5.41) is 4.79. The van der Waals surface area contributed by atoms with Gasteiger partial charge in [-0.3, -0.25) is 0 Å². The van der Waals surface area contributed by atoms with Crippen LogP contribution in [0.3, 0.4) is 0 Å². The number of hydrogen-bond donors (Lipinski definition) is 1. The molecule has 0 saturated carbocycles. The summed E-state index contributed by atoms with van der Waals surface area (Å²) in [6.07, 6.45) is -5.68. The van der Waals surface area contributed by atoms with Crippen LogP contribution in [0.4, 0.5) is 17.6 Å². The van der Waals surface area contributed by atoms with Crippen LogP contribution in [0.5, 0.6) is 5.75 Å². The lowest BCUT2D eigenvalue weighted by molar-refractivity contribution is -0.139. The Bertz CT molecular complexity index is 527. The Labute approximate surface area is 100 Å². The molecule has 4 nitrogen and oxygen atoms in total. The molecule has 0 fully saturated rings. The zero-order valence-electron chi connectivity index (χ0n) is 8.87. The third kappa shape index (κ3) is 4.49. The number of hydrogen-bond acceptors (Lipinski definition) is 3. The number of benzene rings is 1. The van der Waals surface area contributed by atoms with E-state index in [2.05, 4.69) is 4.74 Å². The molecule has 0 heterocycles. The molecule has 0 aliphatic rings. The van der Waals surface area contributed by atoms with Crippen LogP contribution in [0.2, 0.25) is 0 Å². The van der Waals surface area contributed by atoms with Gasteiger partial charge in [0.05, 0.1) is 13.0 Å². The van der Waals surface area contributed by atoms with Crippen LogP contribution < -0.4 is 9.88 Å². The van der Waals surface area contributed by atoms with E-state index >= 15 is 0 Å². The maximum absolute atomic E-state index is 12.8. The molecule has 9 heteroatoms. The molecule has 0 radical (unpaired) electrons. The van der Waals surface area contributed by atoms with Crippen molar-refractivity contribution >= 4 is 10.0 Å². The van der Waals surface area contributed by atoms with Crippen molar-refractivity contribution in [3.05, 3.63) is 24.0 Å². The lowest BCUT2D eigenvalue weighted by Gasteiger charge is -2.11. The number of sulfonamides is 1. The highest BCUT2D eigenvalue weighted by molar-refractivity contribution is 7.89. The fourth-order valence-corrected chi connectivity index (χ4v) is 1.78. The van der Waals surface area contributed by atoms with E-state index in [0.717, 1.165) is 12.1 Å². The average molecular weight is 287 g/mol. The molecule has 18 heavy (non-hydrogen) atoms. The lowest BCUT2D eigenvalue weighted by Crippen LogP contribution is -2.17. The summed E-state index contributed by atoms with van der Waals surface area (Å²) in [6, 6.07) is 2.35. The fraction of sp³-hybridized carbons (Fsp3) is 0.333. The van der Waals surface area contributed by atoms with Crippen molar-refractivity contribution in [2.75, 3.05) is 6.61 Å². The van der Waals surface area contributed by atoms with Gasteiger partial charge < -0.3 is 4.74 Å². The third-order valence-corrected chi connectivity index (χ3v) is 2.79. The van der Waals surface area contributed by atoms with Gasteiger partial charge in [0.15, 0.2) is 0 Å². The summed E-state index contributed by atoms with van der Waals surface area (Å²) >= 11 is 0. The van der Waals surface area contributed by atoms with Crippen LogP contribution in [0, 0.1) is 5.82 Å². The van der Waals surface area contributed by atoms with Crippen LogP contribution >= 0.6 is 0 Å². The van der Waals surface area contributed by atoms with E-state index in [0.29, 0.717) is 6.07 Å². The largest absolute Gasteiger partial charge is 0.492 e. The van der Waals surface area contributed by atoms with Gasteiger partial charge in [-0.15, -0.1) is 0 Å². The number of alkyl halides is 3. The van der Waals surface area contributed by atoms with Crippen LogP contribution in [0.25, 0.3) is 0 Å². The summed E-state index contributed by atoms with van der Waals surface area (Å²) in [4.78, 5) is -0.690. The van der Waals surface area contributed by atoms with Crippen molar-refractivity contribution < 1.29 is 30.7 Å². The monoisotopic (exact) mass is 287 g/mol. The van der Waals surface area contributed by atoms with Crippen molar-refractivity contribution in [3.63, 3.8) is 0 Å². The number of primary sulfonamides is 1. The third-order valence-electron chi connectivity index (χ3n) is 1.86. The number of rotatable bonds is 4. The smallest absolute Gasteiger partial charge is 0.392 e. The average Bonchev–Trinajstić information content (AvgIpc) is 2.17. The SMILES string of the molecule is NS(=O)(=O)c1cc(F)ccc1OCCC(F)(F)F. The molecule has 0 aromatic heterocycles. The molecule has 0 bridgehead atoms. The van der Waals surface area contributed by atoms with Gasteiger partial charge in [0, 0.05) is 0 Å². The van der Waals surface area contributed by atoms with E-state index in [1.807, 2.05) is 0 Å². The summed E-state index contributed by atoms with van der Waals surface area (Å²) in [5.41, 5.74) is 0. The molecule has 0 spiro atoms. The molecular formula is C9H9F4NO3S. The highest BCUT2D eigenvalue weighted by Crippen LogP contribution is 2.25. The van der Waals surface area contributed by atoms with Crippen LogP contribution in [0.1, 0.15) is 6.42 Å². The van der Waals surface area contributed by atoms with E-state index in [1.165, 1.54) is 0 Å². The Morgan fingerprint density at radius 3 is 2.39 bits per heavy atom. The zero-order chi connectivity index (χ0) is 14.0. The fourth-order valence-electron chi connectivity index (χ4n) is 1.10. The van der Waals surface area contributed by atoms with Crippen molar-refractivity contribution in [3.8, 4) is 5.75 Å². The first kappa shape index (κ1) is 14.7. The number of nitrogens with two attached hydrogens (primary N) is 1. The Kier molecular flexibility index (Phi) is 4.17. The molecule has 0 aliphatic carbocycles. The summed E-state index contributed by atoms with van der Waals surface area (Å²) in [5.74, 6) is -1.30. The maximum Gasteiger partial charge on any atom is 0.392 e. The van der Waals surface area contributed by atoms with E-state index in [1.54, 1.807) is 0 Å². The molecule has 2 N–H and O–H groups in total. The number of halogens is 4. The van der Waals surface area contributed by atoms with Gasteiger partial charge in [0.2, 0.25) is 10.0 Å². The topological polar surface area (TPSA) is 69.4 Å². The second kappa shape index (κ2) is 5.11. The Hall–Kier alpha value is -1.35. The minimum Gasteiger partial charge on any atom is -0.492 e. The quantitative estimate of drug-likeness (QED) is 0.858. The second-order valence-electron chi connectivity index (χ2n) is 3.35. The molecule has 0 saturated heterocycles. The number of ether oxygens (including phenoxy) is 1. The standard InChI is InChI=1S/C9H9F4NO3S/c10-6-1-2-7(8(5-6)18(14,15)16)17-4-3-9(11,12)13/h1-2,5H,3-4H2,(H2,14,15,16). The first-order valence-electron chi connectivity index (χ1n) is 4.61. The predicted molar refractivity (Wildman–Crippen MR) is 53.9 cm³/mol. The molecule has 0 aliphatic heterocycles. The van der Waals surface area contributed by atoms with E-state index in [-0.39, 0.29) is 0 Å². The minimum atomic E-state index is -4.43. The summed E-state index contributed by atoms with van der Waals surface area (Å²) < 4.78 is 75.3. The van der Waals surface area contributed by atoms with Gasteiger partial charge in [-0.25, -0.2) is 17.9 Å². The van der Waals surface area contributed by atoms with Gasteiger partial charge >= 0.3 is 6.18 Å². The molecule has 1 aromatic rings. The summed E-state index contributed by atoms with van der Waals surface area (Å²) in [6.45, 7) is -0.780. The van der Waals surface area contributed by atoms with Crippen LogP contribution in [-0.4, -0.2) is 21.2 Å². The second-order valence-corrected chi connectivity index (χ2v) is 4.88. The molecular weight excluding hydrogens is 278 g/mol. The molecule has 0 unspecified atom stereocenters. The van der Waals surface area contributed by atoms with Crippen molar-refractivity contribution in [2.45, 2.75) is 17.5 Å². The van der Waals surface area contributed by atoms with Crippen LogP contribution in [-0.2, 0) is 10.0 Å². The Balaban J connectivity index is 2.90. The van der Waals surface area contributed by atoms with Gasteiger partial charge in [-0.1, -0.05) is 0 Å². The maximum atomic E-state index is 12.8. The zero-order valence-corrected chi connectivity index (χ0v) is 9.68. The van der Waals surface area contributed by atoms with E-state index < -0.39 is 45.7 Å². The first-order chi connectivity index (χ1) is 8.09. The molecule has 1 rings (SSSR count).